The van der Waals surface area contributed by atoms with Crippen LogP contribution >= 0.6 is 22.9 Å². The predicted octanol–water partition coefficient (Wildman–Crippen LogP) is 5.07. The van der Waals surface area contributed by atoms with Gasteiger partial charge in [-0.3, -0.25) is 5.01 Å². The molecular weight excluding hydrogens is 316 g/mol. The van der Waals surface area contributed by atoms with Crippen LogP contribution in [0.25, 0.3) is 0 Å². The van der Waals surface area contributed by atoms with Crippen molar-refractivity contribution in [1.29, 1.82) is 0 Å². The van der Waals surface area contributed by atoms with Crippen molar-refractivity contribution in [2.75, 3.05) is 0 Å². The van der Waals surface area contributed by atoms with Gasteiger partial charge in [0, 0.05) is 23.4 Å². The number of hydrazone groups is 1. The second kappa shape index (κ2) is 5.60. The molecule has 4 rings (SSSR count). The fraction of sp³-hybridized carbons (Fsp3) is 0.353. The highest BCUT2D eigenvalue weighted by Crippen LogP contribution is 2.44. The van der Waals surface area contributed by atoms with Crippen LogP contribution in [-0.2, 0) is 0 Å². The van der Waals surface area contributed by atoms with Gasteiger partial charge in [-0.1, -0.05) is 31.0 Å². The van der Waals surface area contributed by atoms with Crippen LogP contribution in [0.15, 0.2) is 40.8 Å². The van der Waals surface area contributed by atoms with E-state index in [4.69, 9.17) is 21.4 Å². The maximum atomic E-state index is 6.19. The zero-order chi connectivity index (χ0) is 15.1. The molecule has 2 atom stereocenters. The van der Waals surface area contributed by atoms with Crippen LogP contribution in [0.3, 0.4) is 0 Å². The van der Waals surface area contributed by atoms with E-state index in [1.54, 1.807) is 11.3 Å². The predicted molar refractivity (Wildman–Crippen MR) is 90.8 cm³/mol. The maximum Gasteiger partial charge on any atom is 0.187 e. The third kappa shape index (κ3) is 2.31. The molecule has 114 valence electrons. The Morgan fingerprint density at radius 3 is 3.09 bits per heavy atom. The molecule has 0 radical (unpaired) electrons. The van der Waals surface area contributed by atoms with Crippen LogP contribution in [0.1, 0.15) is 42.7 Å². The number of thiophene rings is 1. The second-order valence-corrected chi connectivity index (χ2v) is 7.05. The lowest BCUT2D eigenvalue weighted by Gasteiger charge is -2.38. The second-order valence-electron chi connectivity index (χ2n) is 5.67. The van der Waals surface area contributed by atoms with Crippen LogP contribution in [0.5, 0.6) is 5.75 Å². The third-order valence-electron chi connectivity index (χ3n) is 4.17. The number of fused-ring (bicyclic) bond motifs is 3. The van der Waals surface area contributed by atoms with Crippen molar-refractivity contribution in [1.82, 2.24) is 5.01 Å². The van der Waals surface area contributed by atoms with Gasteiger partial charge in [0.25, 0.3) is 0 Å². The average Bonchev–Trinajstić information content (AvgIpc) is 3.17. The van der Waals surface area contributed by atoms with E-state index < -0.39 is 0 Å². The summed E-state index contributed by atoms with van der Waals surface area (Å²) < 4.78 is 6.17. The summed E-state index contributed by atoms with van der Waals surface area (Å²) >= 11 is 7.93. The summed E-state index contributed by atoms with van der Waals surface area (Å²) in [4.78, 5) is 1.24. The van der Waals surface area contributed by atoms with Crippen LogP contribution in [0.4, 0.5) is 0 Å². The molecule has 0 N–H and O–H groups in total. The number of nitrogens with zero attached hydrogens (tertiary/aromatic N) is 2. The van der Waals surface area contributed by atoms with E-state index in [-0.39, 0.29) is 12.3 Å². The molecule has 2 aromatic rings. The Labute approximate surface area is 139 Å². The van der Waals surface area contributed by atoms with Gasteiger partial charge in [0.15, 0.2) is 6.23 Å². The van der Waals surface area contributed by atoms with Crippen molar-refractivity contribution < 1.29 is 4.74 Å². The van der Waals surface area contributed by atoms with Crippen molar-refractivity contribution in [2.24, 2.45) is 5.10 Å². The number of halogens is 1. The molecule has 2 aliphatic rings. The van der Waals surface area contributed by atoms with Gasteiger partial charge in [-0.25, -0.2) is 0 Å². The lowest BCUT2D eigenvalue weighted by atomic mass is 9.98. The standard InChI is InChI=1S/C17H17ClN2OS/c1-2-4-17-20-14(10-13(19-20)16-5-3-8-22-16)12-9-11(18)6-7-15(12)21-17/h3,5-9,14,17H,2,4,10H2,1H3/t14-,17-/m0/s1. The molecule has 0 amide bonds. The number of ether oxygens (including phenoxy) is 1. The minimum Gasteiger partial charge on any atom is -0.469 e. The van der Waals surface area contributed by atoms with Gasteiger partial charge in [-0.15, -0.1) is 11.3 Å². The van der Waals surface area contributed by atoms with E-state index in [0.717, 1.165) is 41.3 Å². The Kier molecular flexibility index (Phi) is 3.59. The highest BCUT2D eigenvalue weighted by Gasteiger charge is 2.40. The quantitative estimate of drug-likeness (QED) is 0.783. The van der Waals surface area contributed by atoms with E-state index in [1.165, 1.54) is 4.88 Å². The van der Waals surface area contributed by atoms with Crippen molar-refractivity contribution in [3.8, 4) is 5.75 Å². The van der Waals surface area contributed by atoms with E-state index >= 15 is 0 Å². The first-order chi connectivity index (χ1) is 10.8. The minimum atomic E-state index is 0.0149. The summed E-state index contributed by atoms with van der Waals surface area (Å²) in [6.07, 6.45) is 2.97. The molecule has 0 unspecified atom stereocenters. The van der Waals surface area contributed by atoms with Gasteiger partial charge in [0.1, 0.15) is 5.75 Å². The summed E-state index contributed by atoms with van der Waals surface area (Å²) in [7, 11) is 0. The Balaban J connectivity index is 1.74. The molecule has 3 nitrogen and oxygen atoms in total. The summed E-state index contributed by atoms with van der Waals surface area (Å²) in [5.41, 5.74) is 2.30. The molecule has 0 saturated heterocycles. The number of benzene rings is 1. The smallest absolute Gasteiger partial charge is 0.187 e. The summed E-state index contributed by atoms with van der Waals surface area (Å²) in [6, 6.07) is 10.3. The lowest BCUT2D eigenvalue weighted by molar-refractivity contribution is -0.0223. The monoisotopic (exact) mass is 332 g/mol. The van der Waals surface area contributed by atoms with Crippen molar-refractivity contribution >= 4 is 28.6 Å². The Morgan fingerprint density at radius 1 is 1.41 bits per heavy atom. The molecule has 0 fully saturated rings. The summed E-state index contributed by atoms with van der Waals surface area (Å²) in [5, 5.41) is 9.86. The first-order valence-corrected chi connectivity index (χ1v) is 8.88. The molecular formula is C17H17ClN2OS. The molecule has 1 aromatic heterocycles. The summed E-state index contributed by atoms with van der Waals surface area (Å²) in [5.74, 6) is 0.951. The zero-order valence-corrected chi connectivity index (χ0v) is 13.9. The van der Waals surface area contributed by atoms with E-state index in [1.807, 2.05) is 18.2 Å². The van der Waals surface area contributed by atoms with E-state index in [9.17, 15) is 0 Å². The zero-order valence-electron chi connectivity index (χ0n) is 12.3. The lowest BCUT2D eigenvalue weighted by Crippen LogP contribution is -2.40. The van der Waals surface area contributed by atoms with Gasteiger partial charge in [0.2, 0.25) is 0 Å². The number of rotatable bonds is 3. The molecule has 22 heavy (non-hydrogen) atoms. The first-order valence-electron chi connectivity index (χ1n) is 7.62. The molecule has 2 aliphatic heterocycles. The van der Waals surface area contributed by atoms with Gasteiger partial charge in [0.05, 0.1) is 16.6 Å². The van der Waals surface area contributed by atoms with Gasteiger partial charge >= 0.3 is 0 Å². The van der Waals surface area contributed by atoms with Crippen molar-refractivity contribution in [3.63, 3.8) is 0 Å². The van der Waals surface area contributed by atoms with E-state index in [2.05, 4.69) is 29.4 Å². The van der Waals surface area contributed by atoms with Gasteiger partial charge in [-0.2, -0.15) is 5.10 Å². The molecule has 3 heterocycles. The normalized spacial score (nSPS) is 22.8. The van der Waals surface area contributed by atoms with Gasteiger partial charge < -0.3 is 4.74 Å². The SMILES string of the molecule is CCC[C@@H]1Oc2ccc(Cl)cc2[C@@H]2CC(c3cccs3)=NN12. The minimum absolute atomic E-state index is 0.0149. The molecule has 0 bridgehead atoms. The topological polar surface area (TPSA) is 24.8 Å². The summed E-state index contributed by atoms with van der Waals surface area (Å²) in [6.45, 7) is 2.18. The van der Waals surface area contributed by atoms with Crippen LogP contribution < -0.4 is 4.74 Å². The van der Waals surface area contributed by atoms with Gasteiger partial charge in [-0.05, 0) is 29.6 Å². The van der Waals surface area contributed by atoms with Crippen LogP contribution in [0, 0.1) is 0 Å². The molecule has 0 spiro atoms. The van der Waals surface area contributed by atoms with Crippen molar-refractivity contribution in [2.45, 2.75) is 38.5 Å². The van der Waals surface area contributed by atoms with Crippen LogP contribution in [0.2, 0.25) is 5.02 Å². The Morgan fingerprint density at radius 2 is 2.32 bits per heavy atom. The fourth-order valence-electron chi connectivity index (χ4n) is 3.16. The fourth-order valence-corrected chi connectivity index (χ4v) is 4.06. The molecule has 5 heteroatoms. The largest absolute Gasteiger partial charge is 0.469 e. The average molecular weight is 333 g/mol. The maximum absolute atomic E-state index is 6.19. The Hall–Kier alpha value is -1.52. The molecule has 1 aromatic carbocycles. The third-order valence-corrected chi connectivity index (χ3v) is 5.33. The van der Waals surface area contributed by atoms with Crippen molar-refractivity contribution in [3.05, 3.63) is 51.2 Å². The highest BCUT2D eigenvalue weighted by molar-refractivity contribution is 7.12. The van der Waals surface area contributed by atoms with E-state index in [0.29, 0.717) is 0 Å². The Bertz CT molecular complexity index is 713. The first kappa shape index (κ1) is 14.1. The number of hydrogen-bond donors (Lipinski definition) is 0. The number of hydrogen-bond acceptors (Lipinski definition) is 4. The highest BCUT2D eigenvalue weighted by atomic mass is 35.5. The molecule has 0 aliphatic carbocycles. The molecule has 0 saturated carbocycles. The van der Waals surface area contributed by atoms with Crippen LogP contribution in [-0.4, -0.2) is 16.9 Å².